The molecule has 0 saturated heterocycles. The van der Waals surface area contributed by atoms with E-state index in [1.54, 1.807) is 18.3 Å². The summed E-state index contributed by atoms with van der Waals surface area (Å²) in [5.41, 5.74) is 2.95. The van der Waals surface area contributed by atoms with Crippen LogP contribution in [-0.4, -0.2) is 66.0 Å². The van der Waals surface area contributed by atoms with Gasteiger partial charge in [-0.25, -0.2) is 9.97 Å². The van der Waals surface area contributed by atoms with E-state index in [0.29, 0.717) is 47.3 Å². The van der Waals surface area contributed by atoms with E-state index in [4.69, 9.17) is 4.74 Å². The molecular weight excluding hydrogens is 482 g/mol. The number of nitrogens with zero attached hydrogens (tertiary/aromatic N) is 3. The van der Waals surface area contributed by atoms with E-state index in [2.05, 4.69) is 48.3 Å². The number of hydrogen-bond acceptors (Lipinski definition) is 8. The molecule has 38 heavy (non-hydrogen) atoms. The third-order valence-corrected chi connectivity index (χ3v) is 6.41. The summed E-state index contributed by atoms with van der Waals surface area (Å²) in [7, 11) is 2.05. The molecule has 0 spiro atoms. The van der Waals surface area contributed by atoms with Crippen LogP contribution in [0.4, 0.5) is 17.3 Å². The lowest BCUT2D eigenvalue weighted by molar-refractivity contribution is -0.124. The lowest BCUT2D eigenvalue weighted by atomic mass is 10.1. The van der Waals surface area contributed by atoms with Crippen molar-refractivity contribution in [1.82, 2.24) is 20.2 Å². The fourth-order valence-corrected chi connectivity index (χ4v) is 4.63. The van der Waals surface area contributed by atoms with Crippen molar-refractivity contribution in [2.75, 3.05) is 49.2 Å². The fraction of sp³-hybridized carbons (Fsp3) is 0.286. The number of carbonyl (C=O) groups excluding carboxylic acids is 2. The van der Waals surface area contributed by atoms with Gasteiger partial charge in [0.2, 0.25) is 0 Å². The van der Waals surface area contributed by atoms with Gasteiger partial charge in [-0.2, -0.15) is 0 Å². The number of rotatable bonds is 2. The van der Waals surface area contributed by atoms with Crippen molar-refractivity contribution in [1.29, 1.82) is 0 Å². The van der Waals surface area contributed by atoms with Gasteiger partial charge >= 0.3 is 0 Å². The minimum Gasteiger partial charge on any atom is -0.484 e. The topological polar surface area (TPSA) is 121 Å². The van der Waals surface area contributed by atoms with E-state index in [0.717, 1.165) is 24.9 Å². The Hall–Kier alpha value is -4.44. The minimum absolute atomic E-state index is 0.0736. The highest BCUT2D eigenvalue weighted by molar-refractivity contribution is 6.32. The van der Waals surface area contributed by atoms with Crippen molar-refractivity contribution in [3.05, 3.63) is 78.3 Å². The van der Waals surface area contributed by atoms with Crippen LogP contribution >= 0.6 is 0 Å². The maximum atomic E-state index is 12.8. The van der Waals surface area contributed by atoms with Gasteiger partial charge in [0, 0.05) is 37.1 Å². The number of anilines is 3. The van der Waals surface area contributed by atoms with Crippen LogP contribution in [0.2, 0.25) is 0 Å². The molecule has 2 aliphatic rings. The second-order valence-corrected chi connectivity index (χ2v) is 9.42. The second-order valence-electron chi connectivity index (χ2n) is 9.42. The number of likely N-dealkylation sites (N-methyl/N-ethyl adjacent to an activating group) is 1. The summed E-state index contributed by atoms with van der Waals surface area (Å²) in [6.45, 7) is 2.06. The van der Waals surface area contributed by atoms with Crippen molar-refractivity contribution >= 4 is 34.7 Å². The minimum atomic E-state index is -0.254. The second kappa shape index (κ2) is 11.7. The maximum Gasteiger partial charge on any atom is 0.259 e. The first-order valence-corrected chi connectivity index (χ1v) is 12.7. The summed E-state index contributed by atoms with van der Waals surface area (Å²) in [5, 5.41) is 12.5. The summed E-state index contributed by atoms with van der Waals surface area (Å²) in [6.07, 6.45) is 4.64. The van der Waals surface area contributed by atoms with E-state index in [1.165, 1.54) is 6.33 Å². The molecule has 0 radical (unpaired) electrons. The molecule has 0 fully saturated rings. The molecule has 2 aromatic carbocycles. The van der Waals surface area contributed by atoms with Crippen LogP contribution in [0.5, 0.6) is 5.75 Å². The number of ether oxygens (including phenoxy) is 1. The van der Waals surface area contributed by atoms with E-state index in [1.807, 2.05) is 37.4 Å². The summed E-state index contributed by atoms with van der Waals surface area (Å²) in [5.74, 6) is 1.20. The van der Waals surface area contributed by atoms with Gasteiger partial charge in [0.15, 0.2) is 6.61 Å². The van der Waals surface area contributed by atoms with Crippen LogP contribution in [0.1, 0.15) is 17.5 Å². The lowest BCUT2D eigenvalue weighted by Crippen LogP contribution is -2.46. The van der Waals surface area contributed by atoms with Gasteiger partial charge in [-0.05, 0) is 44.1 Å². The Labute approximate surface area is 221 Å². The first-order valence-electron chi connectivity index (χ1n) is 12.7. The van der Waals surface area contributed by atoms with Crippen molar-refractivity contribution in [3.63, 3.8) is 0 Å². The predicted octanol–water partition coefficient (Wildman–Crippen LogP) is 2.74. The molecule has 2 amide bonds. The number of aromatic nitrogens is 2. The van der Waals surface area contributed by atoms with Gasteiger partial charge in [-0.3, -0.25) is 9.59 Å². The molecule has 5 rings (SSSR count). The number of benzene rings is 2. The highest BCUT2D eigenvalue weighted by atomic mass is 16.5. The monoisotopic (exact) mass is 513 g/mol. The van der Waals surface area contributed by atoms with Crippen LogP contribution in [-0.2, 0) is 16.0 Å². The summed E-state index contributed by atoms with van der Waals surface area (Å²) in [6, 6.07) is 17.3. The highest BCUT2D eigenvalue weighted by Gasteiger charge is 2.29. The molecule has 0 unspecified atom stereocenters. The van der Waals surface area contributed by atoms with Gasteiger partial charge in [0.05, 0.1) is 11.1 Å². The molecule has 4 N–H and O–H groups in total. The molecule has 10 nitrogen and oxygen atoms in total. The molecule has 3 heterocycles. The average molecular weight is 514 g/mol. The molecule has 1 atom stereocenters. The molecule has 3 aromatic rings. The van der Waals surface area contributed by atoms with Crippen LogP contribution < -0.4 is 26.0 Å². The van der Waals surface area contributed by atoms with E-state index < -0.39 is 0 Å². The third-order valence-electron chi connectivity index (χ3n) is 6.41. The molecule has 2 bridgehead atoms. The summed E-state index contributed by atoms with van der Waals surface area (Å²) in [4.78, 5) is 36.3. The zero-order chi connectivity index (χ0) is 26.3. The Morgan fingerprint density at radius 3 is 2.76 bits per heavy atom. The zero-order valence-corrected chi connectivity index (χ0v) is 21.2. The SMILES string of the molecule is CN1CCCNc2ncnc3c2/C(=C/Nc2cccc(c2)OCC(=O)N[C@H](Cc2ccccc2)C1)C(=O)N3. The van der Waals surface area contributed by atoms with Crippen LogP contribution in [0.25, 0.3) is 5.57 Å². The molecule has 2 aliphatic heterocycles. The van der Waals surface area contributed by atoms with Gasteiger partial charge in [-0.15, -0.1) is 0 Å². The molecule has 0 aliphatic carbocycles. The molecule has 1 aromatic heterocycles. The summed E-state index contributed by atoms with van der Waals surface area (Å²) < 4.78 is 5.79. The Balaban J connectivity index is 1.38. The Kier molecular flexibility index (Phi) is 7.79. The number of nitrogens with one attached hydrogen (secondary N) is 4. The van der Waals surface area contributed by atoms with Gasteiger partial charge < -0.3 is 30.9 Å². The van der Waals surface area contributed by atoms with E-state index >= 15 is 0 Å². The Morgan fingerprint density at radius 1 is 1.05 bits per heavy atom. The largest absolute Gasteiger partial charge is 0.484 e. The number of carbonyl (C=O) groups is 2. The Bertz CT molecular complexity index is 1330. The highest BCUT2D eigenvalue weighted by Crippen LogP contribution is 2.34. The van der Waals surface area contributed by atoms with Crippen LogP contribution in [0, 0.1) is 0 Å². The number of amides is 2. The van der Waals surface area contributed by atoms with Crippen molar-refractivity contribution < 1.29 is 14.3 Å². The van der Waals surface area contributed by atoms with Gasteiger partial charge in [-0.1, -0.05) is 36.4 Å². The molecule has 0 saturated carbocycles. The van der Waals surface area contributed by atoms with Crippen LogP contribution in [0.3, 0.4) is 0 Å². The molecule has 10 heteroatoms. The van der Waals surface area contributed by atoms with E-state index in [-0.39, 0.29) is 24.5 Å². The fourth-order valence-electron chi connectivity index (χ4n) is 4.63. The number of hydrogen-bond donors (Lipinski definition) is 4. The zero-order valence-electron chi connectivity index (χ0n) is 21.2. The van der Waals surface area contributed by atoms with Crippen molar-refractivity contribution in [2.24, 2.45) is 0 Å². The van der Waals surface area contributed by atoms with Crippen molar-refractivity contribution in [2.45, 2.75) is 18.9 Å². The average Bonchev–Trinajstić information content (AvgIpc) is 3.24. The smallest absolute Gasteiger partial charge is 0.259 e. The molecular formula is C28H31N7O3. The van der Waals surface area contributed by atoms with Gasteiger partial charge in [0.25, 0.3) is 11.8 Å². The molecule has 196 valence electrons. The van der Waals surface area contributed by atoms with E-state index in [9.17, 15) is 9.59 Å². The normalized spacial score (nSPS) is 20.0. The first kappa shape index (κ1) is 25.2. The predicted molar refractivity (Wildman–Crippen MR) is 147 cm³/mol. The lowest BCUT2D eigenvalue weighted by Gasteiger charge is -2.25. The standard InChI is InChI=1S/C28H31N7O3/c1-35-12-6-11-29-26-25-23(28(37)34-27(25)32-18-31-26)15-30-20-9-5-10-22(14-20)38-17-24(36)33-21(16-35)13-19-7-3-2-4-8-19/h2-5,7-10,14-15,18,21,30H,6,11-13,16-17H2,1H3,(H,33,36)(H2,29,31,32,34,37)/b23-15-/t21-/m1/s1. The van der Waals surface area contributed by atoms with Crippen molar-refractivity contribution in [3.8, 4) is 5.75 Å². The maximum absolute atomic E-state index is 12.8. The third kappa shape index (κ3) is 6.27. The Morgan fingerprint density at radius 2 is 1.89 bits per heavy atom. The quantitative estimate of drug-likeness (QED) is 0.413. The summed E-state index contributed by atoms with van der Waals surface area (Å²) >= 11 is 0. The van der Waals surface area contributed by atoms with Crippen LogP contribution in [0.15, 0.2) is 67.1 Å². The first-order chi connectivity index (χ1) is 18.5. The van der Waals surface area contributed by atoms with Gasteiger partial charge in [0.1, 0.15) is 23.7 Å². The number of fused-ring (bicyclic) bond motifs is 2.